The van der Waals surface area contributed by atoms with E-state index in [0.29, 0.717) is 11.3 Å². The number of rotatable bonds is 10. The minimum atomic E-state index is -0.306. The molecular weight excluding hydrogens is 308 g/mol. The molecule has 0 saturated heterocycles. The first kappa shape index (κ1) is 19.0. The Morgan fingerprint density at radius 3 is 2.12 bits per heavy atom. The van der Waals surface area contributed by atoms with E-state index < -0.39 is 0 Å². The normalized spacial score (nSPS) is 10.4. The number of esters is 1. The van der Waals surface area contributed by atoms with Gasteiger partial charge in [-0.25, -0.2) is 4.79 Å². The van der Waals surface area contributed by atoms with Gasteiger partial charge in [0, 0.05) is 0 Å². The van der Waals surface area contributed by atoms with E-state index in [9.17, 15) is 4.79 Å². The number of carbonyl (C=O) groups excluding carboxylic acids is 1. The number of aryl methyl sites for hydroxylation is 2. The molecular formula is C23H28O2. The van der Waals surface area contributed by atoms with Crippen molar-refractivity contribution in [1.29, 1.82) is 0 Å². The van der Waals surface area contributed by atoms with Gasteiger partial charge in [0.25, 0.3) is 0 Å². The van der Waals surface area contributed by atoms with E-state index in [4.69, 9.17) is 4.74 Å². The summed E-state index contributed by atoms with van der Waals surface area (Å²) in [5, 5.41) is 0. The maximum absolute atomic E-state index is 12.2. The number of hydrogen-bond acceptors (Lipinski definition) is 2. The molecule has 0 heterocycles. The molecule has 0 spiro atoms. The van der Waals surface area contributed by atoms with Crippen molar-refractivity contribution in [2.75, 3.05) is 0 Å². The smallest absolute Gasteiger partial charge is 0.343 e. The molecule has 2 heteroatoms. The van der Waals surface area contributed by atoms with Crippen LogP contribution >= 0.6 is 0 Å². The zero-order valence-electron chi connectivity index (χ0n) is 15.2. The lowest BCUT2D eigenvalue weighted by atomic mass is 10.1. The van der Waals surface area contributed by atoms with Gasteiger partial charge in [-0.1, -0.05) is 50.1 Å². The molecule has 0 N–H and O–H groups in total. The summed E-state index contributed by atoms with van der Waals surface area (Å²) in [6, 6.07) is 15.5. The van der Waals surface area contributed by atoms with Crippen molar-refractivity contribution in [2.45, 2.75) is 51.9 Å². The molecule has 0 aliphatic carbocycles. The van der Waals surface area contributed by atoms with Gasteiger partial charge in [0.1, 0.15) is 5.75 Å². The maximum atomic E-state index is 12.2. The Bertz CT molecular complexity index is 653. The highest BCUT2D eigenvalue weighted by Gasteiger charge is 2.08. The summed E-state index contributed by atoms with van der Waals surface area (Å²) < 4.78 is 5.46. The van der Waals surface area contributed by atoms with Crippen LogP contribution in [0.2, 0.25) is 0 Å². The first-order valence-electron chi connectivity index (χ1n) is 9.24. The van der Waals surface area contributed by atoms with Gasteiger partial charge in [-0.3, -0.25) is 0 Å². The Hall–Kier alpha value is -2.35. The van der Waals surface area contributed by atoms with Crippen LogP contribution in [0.3, 0.4) is 0 Å². The van der Waals surface area contributed by atoms with Crippen LogP contribution in [-0.4, -0.2) is 5.97 Å². The second-order valence-electron chi connectivity index (χ2n) is 6.37. The first-order valence-corrected chi connectivity index (χ1v) is 9.24. The standard InChI is InChI=1S/C23H28O2/c1-3-5-7-9-19-11-15-21(16-12-19)23(24)25-22-17-13-20(14-18-22)10-8-6-4-2/h4,11-18H,2-3,5-10H2,1H3. The van der Waals surface area contributed by atoms with Crippen LogP contribution in [0.25, 0.3) is 0 Å². The van der Waals surface area contributed by atoms with E-state index >= 15 is 0 Å². The zero-order chi connectivity index (χ0) is 17.9. The Kier molecular flexibility index (Phi) is 7.97. The van der Waals surface area contributed by atoms with Gasteiger partial charge in [-0.15, -0.1) is 6.58 Å². The predicted molar refractivity (Wildman–Crippen MR) is 104 cm³/mol. The van der Waals surface area contributed by atoms with Crippen molar-refractivity contribution in [3.05, 3.63) is 77.9 Å². The molecule has 0 amide bonds. The fraction of sp³-hybridized carbons (Fsp3) is 0.348. The molecule has 25 heavy (non-hydrogen) atoms. The average molecular weight is 336 g/mol. The number of unbranched alkanes of at least 4 members (excludes halogenated alkanes) is 3. The van der Waals surface area contributed by atoms with Gasteiger partial charge >= 0.3 is 5.97 Å². The van der Waals surface area contributed by atoms with Gasteiger partial charge < -0.3 is 4.74 Å². The summed E-state index contributed by atoms with van der Waals surface area (Å²) in [4.78, 5) is 12.2. The first-order chi connectivity index (χ1) is 12.2. The van der Waals surface area contributed by atoms with Crippen LogP contribution in [-0.2, 0) is 12.8 Å². The van der Waals surface area contributed by atoms with Crippen molar-refractivity contribution in [3.63, 3.8) is 0 Å². The lowest BCUT2D eigenvalue weighted by molar-refractivity contribution is 0.0734. The minimum absolute atomic E-state index is 0.306. The van der Waals surface area contributed by atoms with E-state index in [1.54, 1.807) is 0 Å². The minimum Gasteiger partial charge on any atom is -0.423 e. The molecule has 2 rings (SSSR count). The summed E-state index contributed by atoms with van der Waals surface area (Å²) in [7, 11) is 0. The SMILES string of the molecule is C=CCCCc1ccc(OC(=O)c2ccc(CCCCC)cc2)cc1. The molecule has 2 aromatic rings. The highest BCUT2D eigenvalue weighted by molar-refractivity contribution is 5.91. The fourth-order valence-electron chi connectivity index (χ4n) is 2.73. The number of carbonyl (C=O) groups is 1. The van der Waals surface area contributed by atoms with Gasteiger partial charge in [-0.05, 0) is 67.5 Å². The van der Waals surface area contributed by atoms with Crippen LogP contribution in [0.5, 0.6) is 5.75 Å². The summed E-state index contributed by atoms with van der Waals surface area (Å²) in [6.07, 6.45) is 9.78. The lowest BCUT2D eigenvalue weighted by Crippen LogP contribution is -2.08. The van der Waals surface area contributed by atoms with E-state index in [1.165, 1.54) is 30.4 Å². The molecule has 0 aliphatic rings. The highest BCUT2D eigenvalue weighted by Crippen LogP contribution is 2.16. The van der Waals surface area contributed by atoms with Crippen LogP contribution in [0.15, 0.2) is 61.2 Å². The number of allylic oxidation sites excluding steroid dienone is 1. The number of benzene rings is 2. The molecule has 0 fully saturated rings. The summed E-state index contributed by atoms with van der Waals surface area (Å²) in [5.74, 6) is 0.281. The molecule has 0 bridgehead atoms. The molecule has 132 valence electrons. The van der Waals surface area contributed by atoms with E-state index in [-0.39, 0.29) is 5.97 Å². The zero-order valence-corrected chi connectivity index (χ0v) is 15.2. The summed E-state index contributed by atoms with van der Waals surface area (Å²) >= 11 is 0. The second-order valence-corrected chi connectivity index (χ2v) is 6.37. The van der Waals surface area contributed by atoms with Crippen LogP contribution < -0.4 is 4.74 Å². The Morgan fingerprint density at radius 2 is 1.52 bits per heavy atom. The molecule has 0 atom stereocenters. The second kappa shape index (κ2) is 10.5. The van der Waals surface area contributed by atoms with Gasteiger partial charge in [0.05, 0.1) is 5.56 Å². The molecule has 2 aromatic carbocycles. The third-order valence-electron chi connectivity index (χ3n) is 4.27. The highest BCUT2D eigenvalue weighted by atomic mass is 16.5. The third kappa shape index (κ3) is 6.58. The molecule has 0 saturated carbocycles. The topological polar surface area (TPSA) is 26.3 Å². The lowest BCUT2D eigenvalue weighted by Gasteiger charge is -2.07. The quantitative estimate of drug-likeness (QED) is 0.225. The molecule has 2 nitrogen and oxygen atoms in total. The van der Waals surface area contributed by atoms with Gasteiger partial charge in [0.15, 0.2) is 0 Å². The van der Waals surface area contributed by atoms with Crippen molar-refractivity contribution in [1.82, 2.24) is 0 Å². The van der Waals surface area contributed by atoms with Crippen LogP contribution in [0.4, 0.5) is 0 Å². The van der Waals surface area contributed by atoms with E-state index in [1.807, 2.05) is 54.6 Å². The Balaban J connectivity index is 1.87. The molecule has 0 aliphatic heterocycles. The van der Waals surface area contributed by atoms with Crippen LogP contribution in [0, 0.1) is 0 Å². The van der Waals surface area contributed by atoms with Gasteiger partial charge in [0.2, 0.25) is 0 Å². The average Bonchev–Trinajstić information content (AvgIpc) is 2.64. The monoisotopic (exact) mass is 336 g/mol. The summed E-state index contributed by atoms with van der Waals surface area (Å²) in [5.41, 5.74) is 3.11. The maximum Gasteiger partial charge on any atom is 0.343 e. The van der Waals surface area contributed by atoms with E-state index in [2.05, 4.69) is 13.5 Å². The fourth-order valence-corrected chi connectivity index (χ4v) is 2.73. The van der Waals surface area contributed by atoms with Gasteiger partial charge in [-0.2, -0.15) is 0 Å². The number of ether oxygens (including phenoxy) is 1. The van der Waals surface area contributed by atoms with Crippen molar-refractivity contribution in [3.8, 4) is 5.75 Å². The summed E-state index contributed by atoms with van der Waals surface area (Å²) in [6.45, 7) is 5.94. The predicted octanol–water partition coefficient (Wildman–Crippen LogP) is 6.15. The Labute approximate surface area is 151 Å². The van der Waals surface area contributed by atoms with E-state index in [0.717, 1.165) is 25.7 Å². The molecule has 0 radical (unpaired) electrons. The molecule has 0 unspecified atom stereocenters. The van der Waals surface area contributed by atoms with Crippen molar-refractivity contribution < 1.29 is 9.53 Å². The largest absolute Gasteiger partial charge is 0.423 e. The Morgan fingerprint density at radius 1 is 0.920 bits per heavy atom. The van der Waals surface area contributed by atoms with Crippen molar-refractivity contribution >= 4 is 5.97 Å². The molecule has 0 aromatic heterocycles. The third-order valence-corrected chi connectivity index (χ3v) is 4.27. The number of hydrogen-bond donors (Lipinski definition) is 0. The van der Waals surface area contributed by atoms with Crippen LogP contribution in [0.1, 0.15) is 60.5 Å². The van der Waals surface area contributed by atoms with Crippen molar-refractivity contribution in [2.24, 2.45) is 0 Å².